The molecule has 5 aromatic rings. The van der Waals surface area contributed by atoms with Gasteiger partial charge in [0.2, 0.25) is 0 Å². The molecule has 3 aromatic carbocycles. The van der Waals surface area contributed by atoms with E-state index >= 15 is 0 Å². The molecule has 0 saturated carbocycles. The van der Waals surface area contributed by atoms with Crippen LogP contribution in [0.25, 0.3) is 33.4 Å². The Hall–Kier alpha value is -5.69. The number of urea groups is 1. The number of carbonyl (C=O) groups is 2. The number of hydrogen-bond acceptors (Lipinski definition) is 9. The molecule has 0 unspecified atom stereocenters. The third-order valence-corrected chi connectivity index (χ3v) is 7.40. The lowest BCUT2D eigenvalue weighted by molar-refractivity contribution is 0.0827. The van der Waals surface area contributed by atoms with E-state index < -0.39 is 11.8 Å². The van der Waals surface area contributed by atoms with Crippen molar-refractivity contribution >= 4 is 40.0 Å². The Labute approximate surface area is 264 Å². The summed E-state index contributed by atoms with van der Waals surface area (Å²) in [6, 6.07) is 16.6. The number of rotatable bonds is 7. The quantitative estimate of drug-likeness (QED) is 0.255. The van der Waals surface area contributed by atoms with Gasteiger partial charge in [-0.05, 0) is 60.2 Å². The second-order valence-corrected chi connectivity index (χ2v) is 10.7. The third kappa shape index (κ3) is 6.54. The summed E-state index contributed by atoms with van der Waals surface area (Å²) >= 11 is 0. The number of hydrogen-bond donors (Lipinski definition) is 2. The van der Waals surface area contributed by atoms with Crippen LogP contribution in [0.5, 0.6) is 6.01 Å². The van der Waals surface area contributed by atoms with Crippen LogP contribution in [0.1, 0.15) is 10.4 Å². The number of amides is 3. The molecular formula is C33H31FN8O4. The van der Waals surface area contributed by atoms with Crippen molar-refractivity contribution in [1.82, 2.24) is 24.8 Å². The van der Waals surface area contributed by atoms with E-state index in [9.17, 15) is 14.0 Å². The van der Waals surface area contributed by atoms with Gasteiger partial charge in [0.15, 0.2) is 5.82 Å². The maximum Gasteiger partial charge on any atom is 0.323 e. The molecule has 0 spiro atoms. The maximum atomic E-state index is 14.6. The summed E-state index contributed by atoms with van der Waals surface area (Å²) in [5.41, 5.74) is 3.83. The van der Waals surface area contributed by atoms with Gasteiger partial charge in [0, 0.05) is 67.3 Å². The molecule has 1 aliphatic heterocycles. The zero-order valence-electron chi connectivity index (χ0n) is 25.5. The van der Waals surface area contributed by atoms with Crippen molar-refractivity contribution in [3.63, 3.8) is 0 Å². The molecule has 13 heteroatoms. The molecule has 0 bridgehead atoms. The molecule has 6 rings (SSSR count). The fourth-order valence-electron chi connectivity index (χ4n) is 5.00. The van der Waals surface area contributed by atoms with Crippen LogP contribution >= 0.6 is 0 Å². The molecular weight excluding hydrogens is 591 g/mol. The first-order chi connectivity index (χ1) is 22.3. The van der Waals surface area contributed by atoms with Gasteiger partial charge in [-0.2, -0.15) is 0 Å². The second kappa shape index (κ2) is 13.1. The molecule has 1 fully saturated rings. The molecule has 1 saturated heterocycles. The number of anilines is 3. The van der Waals surface area contributed by atoms with E-state index in [0.717, 1.165) is 39.5 Å². The van der Waals surface area contributed by atoms with Crippen LogP contribution in [0.3, 0.4) is 0 Å². The lowest BCUT2D eigenvalue weighted by Crippen LogP contribution is -2.37. The first kappa shape index (κ1) is 30.3. The summed E-state index contributed by atoms with van der Waals surface area (Å²) in [6.45, 7) is 2.61. The van der Waals surface area contributed by atoms with E-state index in [1.54, 1.807) is 38.6 Å². The Balaban J connectivity index is 1.25. The number of nitrogens with zero attached hydrogens (tertiary/aromatic N) is 6. The topological polar surface area (TPSA) is 135 Å². The van der Waals surface area contributed by atoms with Crippen LogP contribution in [-0.4, -0.2) is 84.3 Å². The number of fused-ring (bicyclic) bond motifs is 1. The van der Waals surface area contributed by atoms with Crippen LogP contribution in [0, 0.1) is 5.82 Å². The van der Waals surface area contributed by atoms with Crippen molar-refractivity contribution in [2.75, 3.05) is 63.0 Å². The minimum atomic E-state index is -0.717. The monoisotopic (exact) mass is 622 g/mol. The highest BCUT2D eigenvalue weighted by Gasteiger charge is 2.19. The largest absolute Gasteiger partial charge is 0.467 e. The smallest absolute Gasteiger partial charge is 0.323 e. The lowest BCUT2D eigenvalue weighted by atomic mass is 10.1. The number of carbonyl (C=O) groups excluding carboxylic acids is 2. The van der Waals surface area contributed by atoms with Crippen molar-refractivity contribution in [3.8, 4) is 28.5 Å². The van der Waals surface area contributed by atoms with Crippen molar-refractivity contribution < 1.29 is 23.5 Å². The zero-order chi connectivity index (χ0) is 32.2. The lowest BCUT2D eigenvalue weighted by Gasteiger charge is -2.29. The molecule has 46 heavy (non-hydrogen) atoms. The third-order valence-electron chi connectivity index (χ3n) is 7.40. The van der Waals surface area contributed by atoms with Crippen LogP contribution in [0.2, 0.25) is 0 Å². The summed E-state index contributed by atoms with van der Waals surface area (Å²) in [4.78, 5) is 46.6. The van der Waals surface area contributed by atoms with Crippen molar-refractivity contribution in [1.29, 1.82) is 0 Å². The van der Waals surface area contributed by atoms with Crippen LogP contribution < -0.4 is 20.3 Å². The van der Waals surface area contributed by atoms with Crippen molar-refractivity contribution in [2.24, 2.45) is 0 Å². The molecule has 234 valence electrons. The SMILES string of the molecule is COc1ncc(-c2ccc3c(N4CCOCC4)nc(-c4ccc(NC(=O)Nc5ccc(C(=O)N(C)C)cc5F)cc4)nc3c2)cn1. The minimum Gasteiger partial charge on any atom is -0.467 e. The number of methoxy groups -OCH3 is 1. The summed E-state index contributed by atoms with van der Waals surface area (Å²) in [5.74, 6) is 0.269. The normalized spacial score (nSPS) is 12.9. The molecule has 0 aliphatic carbocycles. The van der Waals surface area contributed by atoms with Crippen molar-refractivity contribution in [2.45, 2.75) is 0 Å². The Morgan fingerprint density at radius 2 is 1.61 bits per heavy atom. The van der Waals surface area contributed by atoms with Crippen LogP contribution in [0.4, 0.5) is 26.4 Å². The maximum absolute atomic E-state index is 14.6. The molecule has 0 radical (unpaired) electrons. The van der Waals surface area contributed by atoms with E-state index in [-0.39, 0.29) is 17.2 Å². The predicted octanol–water partition coefficient (Wildman–Crippen LogP) is 5.08. The number of ether oxygens (including phenoxy) is 2. The second-order valence-electron chi connectivity index (χ2n) is 10.7. The molecule has 3 heterocycles. The van der Waals surface area contributed by atoms with Gasteiger partial charge in [-0.15, -0.1) is 0 Å². The number of nitrogens with one attached hydrogen (secondary N) is 2. The minimum absolute atomic E-state index is 0.0507. The van der Waals surface area contributed by atoms with Gasteiger partial charge in [-0.3, -0.25) is 4.79 Å². The van der Waals surface area contributed by atoms with Gasteiger partial charge in [-0.25, -0.2) is 29.1 Å². The van der Waals surface area contributed by atoms with Gasteiger partial charge in [0.25, 0.3) is 5.91 Å². The van der Waals surface area contributed by atoms with Gasteiger partial charge >= 0.3 is 12.0 Å². The fraction of sp³-hybridized carbons (Fsp3) is 0.212. The molecule has 0 atom stereocenters. The highest BCUT2D eigenvalue weighted by molar-refractivity contribution is 6.01. The summed E-state index contributed by atoms with van der Waals surface area (Å²) in [7, 11) is 4.68. The average molecular weight is 623 g/mol. The highest BCUT2D eigenvalue weighted by atomic mass is 19.1. The fourth-order valence-corrected chi connectivity index (χ4v) is 5.00. The highest BCUT2D eigenvalue weighted by Crippen LogP contribution is 2.32. The standard InChI is InChI=1S/C33H31FN8O4/c1-41(2)31(43)22-7-11-27(26(34)16-22)39-32(44)37-24-8-4-20(5-9-24)29-38-28-17-21(23-18-35-33(45-3)36-19-23)6-10-25(28)30(40-29)42-12-14-46-15-13-42/h4-11,16-19H,12-15H2,1-3H3,(H2,37,39,44). The first-order valence-corrected chi connectivity index (χ1v) is 14.5. The molecule has 2 aromatic heterocycles. The average Bonchev–Trinajstić information content (AvgIpc) is 3.08. The van der Waals surface area contributed by atoms with Gasteiger partial charge < -0.3 is 29.9 Å². The molecule has 12 nitrogen and oxygen atoms in total. The summed E-state index contributed by atoms with van der Waals surface area (Å²) < 4.78 is 25.3. The zero-order valence-corrected chi connectivity index (χ0v) is 25.5. The van der Waals surface area contributed by atoms with Crippen LogP contribution in [0.15, 0.2) is 73.1 Å². The Morgan fingerprint density at radius 1 is 0.891 bits per heavy atom. The number of morpholine rings is 1. The first-order valence-electron chi connectivity index (χ1n) is 14.5. The van der Waals surface area contributed by atoms with E-state index in [0.29, 0.717) is 43.8 Å². The van der Waals surface area contributed by atoms with E-state index in [4.69, 9.17) is 19.4 Å². The van der Waals surface area contributed by atoms with Gasteiger partial charge in [0.05, 0.1) is 31.5 Å². The van der Waals surface area contributed by atoms with E-state index in [1.807, 2.05) is 30.3 Å². The molecule has 2 N–H and O–H groups in total. The predicted molar refractivity (Wildman–Crippen MR) is 173 cm³/mol. The van der Waals surface area contributed by atoms with Gasteiger partial charge in [-0.1, -0.05) is 6.07 Å². The van der Waals surface area contributed by atoms with Crippen molar-refractivity contribution in [3.05, 3.63) is 84.4 Å². The molecule has 3 amide bonds. The van der Waals surface area contributed by atoms with Crippen LogP contribution in [-0.2, 0) is 4.74 Å². The van der Waals surface area contributed by atoms with E-state index in [1.165, 1.54) is 24.1 Å². The summed E-state index contributed by atoms with van der Waals surface area (Å²) in [6.07, 6.45) is 3.41. The number of halogens is 1. The summed E-state index contributed by atoms with van der Waals surface area (Å²) in [5, 5.41) is 6.09. The van der Waals surface area contributed by atoms with Gasteiger partial charge in [0.1, 0.15) is 11.6 Å². The number of benzene rings is 3. The Morgan fingerprint density at radius 3 is 2.28 bits per heavy atom. The van der Waals surface area contributed by atoms with E-state index in [2.05, 4.69) is 25.5 Å². The molecule has 1 aliphatic rings. The Kier molecular flexibility index (Phi) is 8.65. The number of aromatic nitrogens is 4. The Bertz CT molecular complexity index is 1900.